The molecule has 110 valence electrons. The largest absolute Gasteiger partial charge is 0.494 e. The van der Waals surface area contributed by atoms with Gasteiger partial charge in [0.15, 0.2) is 11.6 Å². The fourth-order valence-corrected chi connectivity index (χ4v) is 1.97. The first-order valence-corrected chi connectivity index (χ1v) is 5.89. The van der Waals surface area contributed by atoms with Crippen molar-refractivity contribution in [1.82, 2.24) is 0 Å². The highest BCUT2D eigenvalue weighted by atomic mass is 19.3. The fraction of sp³-hybridized carbons (Fsp3) is 0.133. The summed E-state index contributed by atoms with van der Waals surface area (Å²) in [5.41, 5.74) is -0.828. The number of hydrogen-bond acceptors (Lipinski definition) is 3. The molecular weight excluding hydrogens is 285 g/mol. The van der Waals surface area contributed by atoms with E-state index in [1.54, 1.807) is 0 Å². The van der Waals surface area contributed by atoms with Gasteiger partial charge in [0.1, 0.15) is 5.57 Å². The highest BCUT2D eigenvalue weighted by Gasteiger charge is 2.19. The third kappa shape index (κ3) is 2.84. The number of hydrogen-bond donors (Lipinski definition) is 0. The zero-order valence-corrected chi connectivity index (χ0v) is 11.2. The van der Waals surface area contributed by atoms with E-state index in [0.717, 1.165) is 7.11 Å². The second-order valence-electron chi connectivity index (χ2n) is 4.18. The minimum atomic E-state index is -2.14. The van der Waals surface area contributed by atoms with Gasteiger partial charge in [-0.05, 0) is 34.5 Å². The number of methoxy groups -OCH3 is 2. The Kier molecular flexibility index (Phi) is 4.16. The molecule has 0 amide bonds. The van der Waals surface area contributed by atoms with Gasteiger partial charge in [0, 0.05) is 0 Å². The number of carbonyl (C=O) groups excluding carboxylic acids is 1. The third-order valence-electron chi connectivity index (χ3n) is 2.98. The minimum absolute atomic E-state index is 0.0102. The van der Waals surface area contributed by atoms with Gasteiger partial charge >= 0.3 is 5.97 Å². The van der Waals surface area contributed by atoms with E-state index in [4.69, 9.17) is 4.74 Å². The summed E-state index contributed by atoms with van der Waals surface area (Å²) < 4.78 is 48.6. The molecule has 0 aliphatic carbocycles. The first kappa shape index (κ1) is 14.9. The lowest BCUT2D eigenvalue weighted by atomic mass is 10.0. The smallest absolute Gasteiger partial charge is 0.343 e. The summed E-state index contributed by atoms with van der Waals surface area (Å²) in [6.45, 7) is 0. The van der Waals surface area contributed by atoms with Crippen LogP contribution in [0.3, 0.4) is 0 Å². The van der Waals surface area contributed by atoms with Crippen LogP contribution in [0, 0.1) is 5.82 Å². The van der Waals surface area contributed by atoms with Crippen LogP contribution in [-0.4, -0.2) is 20.2 Å². The van der Waals surface area contributed by atoms with Crippen molar-refractivity contribution in [1.29, 1.82) is 0 Å². The molecule has 6 heteroatoms. The van der Waals surface area contributed by atoms with Crippen LogP contribution in [0.5, 0.6) is 5.75 Å². The number of ether oxygens (including phenoxy) is 2. The Hall–Kier alpha value is -2.50. The standard InChI is InChI=1S/C15H11F3O3/c1-20-12-7-10-5-9(4-3-8(10)6-11(12)16)13(14(17)18)15(19)21-2/h3-7H,1-2H3. The first-order chi connectivity index (χ1) is 9.97. The Labute approximate surface area is 118 Å². The zero-order valence-electron chi connectivity index (χ0n) is 11.2. The first-order valence-electron chi connectivity index (χ1n) is 5.89. The van der Waals surface area contributed by atoms with Crippen LogP contribution < -0.4 is 4.74 Å². The predicted octanol–water partition coefficient (Wildman–Crippen LogP) is 3.77. The number of fused-ring (bicyclic) bond motifs is 1. The van der Waals surface area contributed by atoms with Gasteiger partial charge in [-0.15, -0.1) is 0 Å². The van der Waals surface area contributed by atoms with Crippen molar-refractivity contribution in [2.24, 2.45) is 0 Å². The van der Waals surface area contributed by atoms with Crippen molar-refractivity contribution >= 4 is 22.3 Å². The SMILES string of the molecule is COC(=O)C(=C(F)F)c1ccc2cc(F)c(OC)cc2c1. The van der Waals surface area contributed by atoms with Crippen molar-refractivity contribution in [3.63, 3.8) is 0 Å². The molecule has 0 bridgehead atoms. The summed E-state index contributed by atoms with van der Waals surface area (Å²) in [6.07, 6.45) is -2.14. The third-order valence-corrected chi connectivity index (χ3v) is 2.98. The van der Waals surface area contributed by atoms with E-state index in [1.165, 1.54) is 37.4 Å². The molecule has 3 nitrogen and oxygen atoms in total. The molecule has 0 heterocycles. The van der Waals surface area contributed by atoms with Crippen molar-refractivity contribution in [3.05, 3.63) is 47.8 Å². The number of carbonyl (C=O) groups is 1. The highest BCUT2D eigenvalue weighted by molar-refractivity contribution is 6.17. The quantitative estimate of drug-likeness (QED) is 0.639. The lowest BCUT2D eigenvalue weighted by Gasteiger charge is -2.08. The maximum Gasteiger partial charge on any atom is 0.343 e. The summed E-state index contributed by atoms with van der Waals surface area (Å²) in [4.78, 5) is 11.4. The van der Waals surface area contributed by atoms with Crippen molar-refractivity contribution < 1.29 is 27.4 Å². The normalized spacial score (nSPS) is 10.3. The average molecular weight is 296 g/mol. The monoisotopic (exact) mass is 296 g/mol. The maximum atomic E-state index is 13.6. The van der Waals surface area contributed by atoms with E-state index in [9.17, 15) is 18.0 Å². The zero-order chi connectivity index (χ0) is 15.6. The minimum Gasteiger partial charge on any atom is -0.494 e. The van der Waals surface area contributed by atoms with E-state index < -0.39 is 23.4 Å². The Balaban J connectivity index is 2.64. The molecule has 0 radical (unpaired) electrons. The van der Waals surface area contributed by atoms with E-state index in [2.05, 4.69) is 4.74 Å². The molecule has 2 aromatic rings. The van der Waals surface area contributed by atoms with Gasteiger partial charge in [-0.1, -0.05) is 12.1 Å². The molecule has 0 aliphatic rings. The number of esters is 1. The van der Waals surface area contributed by atoms with Gasteiger partial charge < -0.3 is 9.47 Å². The lowest BCUT2D eigenvalue weighted by Crippen LogP contribution is -2.05. The molecule has 0 N–H and O–H groups in total. The maximum absolute atomic E-state index is 13.6. The van der Waals surface area contributed by atoms with Crippen LogP contribution in [0.1, 0.15) is 5.56 Å². The molecule has 0 aliphatic heterocycles. The van der Waals surface area contributed by atoms with Crippen molar-refractivity contribution in [2.45, 2.75) is 0 Å². The average Bonchev–Trinajstić information content (AvgIpc) is 2.46. The molecule has 2 rings (SSSR count). The molecule has 0 saturated heterocycles. The van der Waals surface area contributed by atoms with Gasteiger partial charge in [0.2, 0.25) is 0 Å². The number of rotatable bonds is 3. The van der Waals surface area contributed by atoms with Crippen LogP contribution in [0.2, 0.25) is 0 Å². The van der Waals surface area contributed by atoms with Crippen molar-refractivity contribution in [2.75, 3.05) is 14.2 Å². The van der Waals surface area contributed by atoms with Crippen LogP contribution in [0.4, 0.5) is 13.2 Å². The summed E-state index contributed by atoms with van der Waals surface area (Å²) in [5, 5.41) is 0.967. The molecule has 0 atom stereocenters. The Morgan fingerprint density at radius 2 is 1.76 bits per heavy atom. The molecule has 0 fully saturated rings. The number of halogens is 3. The van der Waals surface area contributed by atoms with Crippen LogP contribution >= 0.6 is 0 Å². The van der Waals surface area contributed by atoms with Crippen molar-refractivity contribution in [3.8, 4) is 5.75 Å². The summed E-state index contributed by atoms with van der Waals surface area (Å²) in [7, 11) is 2.32. The molecule has 0 spiro atoms. The number of benzene rings is 2. The van der Waals surface area contributed by atoms with E-state index in [-0.39, 0.29) is 11.3 Å². The van der Waals surface area contributed by atoms with Gasteiger partial charge in [-0.25, -0.2) is 9.18 Å². The Bertz CT molecular complexity index is 734. The summed E-state index contributed by atoms with van der Waals surface area (Å²) in [6, 6.07) is 6.70. The molecular formula is C15H11F3O3. The van der Waals surface area contributed by atoms with E-state index in [0.29, 0.717) is 10.8 Å². The molecule has 21 heavy (non-hydrogen) atoms. The Morgan fingerprint density at radius 1 is 1.05 bits per heavy atom. The molecule has 0 unspecified atom stereocenters. The summed E-state index contributed by atoms with van der Waals surface area (Å²) >= 11 is 0. The van der Waals surface area contributed by atoms with Crippen LogP contribution in [-0.2, 0) is 9.53 Å². The fourth-order valence-electron chi connectivity index (χ4n) is 1.97. The second-order valence-corrected chi connectivity index (χ2v) is 4.18. The molecule has 0 aromatic heterocycles. The van der Waals surface area contributed by atoms with Crippen LogP contribution in [0.25, 0.3) is 16.3 Å². The van der Waals surface area contributed by atoms with Crippen LogP contribution in [0.15, 0.2) is 36.4 Å². The van der Waals surface area contributed by atoms with Gasteiger partial charge in [0.05, 0.1) is 14.2 Å². The van der Waals surface area contributed by atoms with Gasteiger partial charge in [-0.2, -0.15) is 8.78 Å². The van der Waals surface area contributed by atoms with E-state index in [1.807, 2.05) is 0 Å². The van der Waals surface area contributed by atoms with Gasteiger partial charge in [0.25, 0.3) is 6.08 Å². The predicted molar refractivity (Wildman–Crippen MR) is 71.6 cm³/mol. The highest BCUT2D eigenvalue weighted by Crippen LogP contribution is 2.29. The van der Waals surface area contributed by atoms with E-state index >= 15 is 0 Å². The molecule has 2 aromatic carbocycles. The lowest BCUT2D eigenvalue weighted by molar-refractivity contribution is -0.133. The summed E-state index contributed by atoms with van der Waals surface area (Å²) in [5.74, 6) is -1.70. The topological polar surface area (TPSA) is 35.5 Å². The Morgan fingerprint density at radius 3 is 2.33 bits per heavy atom. The molecule has 0 saturated carbocycles. The second kappa shape index (κ2) is 5.87. The van der Waals surface area contributed by atoms with Gasteiger partial charge in [-0.3, -0.25) is 0 Å².